The van der Waals surface area contributed by atoms with Crippen LogP contribution in [-0.2, 0) is 16.1 Å². The number of carbonyl (C=O) groups is 1. The summed E-state index contributed by atoms with van der Waals surface area (Å²) in [6.07, 6.45) is 5.19. The number of carbonyl (C=O) groups excluding carboxylic acids is 1. The zero-order chi connectivity index (χ0) is 12.3. The van der Waals surface area contributed by atoms with E-state index in [2.05, 4.69) is 15.4 Å². The van der Waals surface area contributed by atoms with Crippen molar-refractivity contribution in [1.29, 1.82) is 0 Å². The van der Waals surface area contributed by atoms with E-state index in [1.807, 2.05) is 6.92 Å². The molecule has 0 amide bonds. The number of nitrogens with one attached hydrogen (secondary N) is 1. The molecule has 2 rings (SSSR count). The minimum Gasteiger partial charge on any atom is -0.465 e. The second-order valence-corrected chi connectivity index (χ2v) is 4.31. The molecule has 1 heterocycles. The lowest BCUT2D eigenvalue weighted by Crippen LogP contribution is -2.56. The summed E-state index contributed by atoms with van der Waals surface area (Å²) in [6.45, 7) is 2.68. The van der Waals surface area contributed by atoms with Crippen LogP contribution in [0, 0.1) is 5.92 Å². The fourth-order valence-electron chi connectivity index (χ4n) is 2.15. The van der Waals surface area contributed by atoms with Crippen LogP contribution in [0.2, 0.25) is 0 Å². The second kappa shape index (κ2) is 4.83. The number of likely N-dealkylation sites (N-methyl/N-ethyl adjacent to an activating group) is 1. The van der Waals surface area contributed by atoms with Crippen LogP contribution in [0.5, 0.6) is 0 Å². The van der Waals surface area contributed by atoms with Crippen molar-refractivity contribution >= 4 is 5.97 Å². The van der Waals surface area contributed by atoms with E-state index in [-0.39, 0.29) is 5.97 Å². The Labute approximate surface area is 100 Å². The molecule has 6 nitrogen and oxygen atoms in total. The molecule has 94 valence electrons. The monoisotopic (exact) mass is 238 g/mol. The standard InChI is InChI=1S/C11H18N4O2/c1-3-17-10(16)11(12-2,9-4-5-9)6-15-8-13-7-14-15/h7-9,12H,3-6H2,1-2H3. The summed E-state index contributed by atoms with van der Waals surface area (Å²) in [7, 11) is 1.80. The van der Waals surface area contributed by atoms with Gasteiger partial charge in [0.2, 0.25) is 0 Å². The van der Waals surface area contributed by atoms with Crippen molar-refractivity contribution < 1.29 is 9.53 Å². The Morgan fingerprint density at radius 3 is 2.88 bits per heavy atom. The minimum absolute atomic E-state index is 0.194. The van der Waals surface area contributed by atoms with Crippen LogP contribution in [0.3, 0.4) is 0 Å². The van der Waals surface area contributed by atoms with Gasteiger partial charge in [-0.2, -0.15) is 5.10 Å². The van der Waals surface area contributed by atoms with Gasteiger partial charge in [-0.25, -0.2) is 9.78 Å². The predicted molar refractivity (Wildman–Crippen MR) is 61.2 cm³/mol. The molecule has 0 aromatic carbocycles. The number of hydrogen-bond acceptors (Lipinski definition) is 5. The molecule has 6 heteroatoms. The quantitative estimate of drug-likeness (QED) is 0.717. The lowest BCUT2D eigenvalue weighted by Gasteiger charge is -2.30. The third-order valence-electron chi connectivity index (χ3n) is 3.24. The van der Waals surface area contributed by atoms with Gasteiger partial charge in [-0.1, -0.05) is 0 Å². The molecular weight excluding hydrogens is 220 g/mol. The molecule has 0 spiro atoms. The number of aromatic nitrogens is 3. The molecule has 1 fully saturated rings. The van der Waals surface area contributed by atoms with Gasteiger partial charge in [0, 0.05) is 0 Å². The van der Waals surface area contributed by atoms with Crippen molar-refractivity contribution in [1.82, 2.24) is 20.1 Å². The molecule has 0 saturated heterocycles. The van der Waals surface area contributed by atoms with E-state index < -0.39 is 5.54 Å². The third-order valence-corrected chi connectivity index (χ3v) is 3.24. The Morgan fingerprint density at radius 1 is 1.65 bits per heavy atom. The van der Waals surface area contributed by atoms with Gasteiger partial charge in [0.05, 0.1) is 13.2 Å². The van der Waals surface area contributed by atoms with Crippen molar-refractivity contribution in [3.63, 3.8) is 0 Å². The van der Waals surface area contributed by atoms with E-state index in [9.17, 15) is 4.79 Å². The average Bonchev–Trinajstić information content (AvgIpc) is 3.05. The van der Waals surface area contributed by atoms with Crippen molar-refractivity contribution in [3.05, 3.63) is 12.7 Å². The zero-order valence-corrected chi connectivity index (χ0v) is 10.2. The fourth-order valence-corrected chi connectivity index (χ4v) is 2.15. The Morgan fingerprint density at radius 2 is 2.41 bits per heavy atom. The summed E-state index contributed by atoms with van der Waals surface area (Å²) in [5.74, 6) is 0.135. The van der Waals surface area contributed by atoms with Crippen molar-refractivity contribution in [2.75, 3.05) is 13.7 Å². The number of rotatable bonds is 6. The number of nitrogens with zero attached hydrogens (tertiary/aromatic N) is 3. The van der Waals surface area contributed by atoms with Gasteiger partial charge in [-0.3, -0.25) is 4.68 Å². The highest BCUT2D eigenvalue weighted by molar-refractivity contribution is 5.81. The molecule has 1 N–H and O–H groups in total. The SMILES string of the molecule is CCOC(=O)C(Cn1cncn1)(NC)C1CC1. The van der Waals surface area contributed by atoms with Gasteiger partial charge >= 0.3 is 5.97 Å². The molecule has 0 aliphatic heterocycles. The van der Waals surface area contributed by atoms with Gasteiger partial charge in [-0.15, -0.1) is 0 Å². The largest absolute Gasteiger partial charge is 0.465 e. The van der Waals surface area contributed by atoms with Crippen LogP contribution >= 0.6 is 0 Å². The van der Waals surface area contributed by atoms with Gasteiger partial charge in [0.15, 0.2) is 0 Å². The average molecular weight is 238 g/mol. The van der Waals surface area contributed by atoms with Crippen LogP contribution in [0.4, 0.5) is 0 Å². The molecule has 1 aromatic heterocycles. The highest BCUT2D eigenvalue weighted by Crippen LogP contribution is 2.41. The maximum atomic E-state index is 12.2. The predicted octanol–water partition coefficient (Wildman–Crippen LogP) is 0.209. The van der Waals surface area contributed by atoms with Gasteiger partial charge < -0.3 is 10.1 Å². The van der Waals surface area contributed by atoms with E-state index >= 15 is 0 Å². The van der Waals surface area contributed by atoms with Gasteiger partial charge in [0.25, 0.3) is 0 Å². The molecule has 1 atom stereocenters. The van der Waals surface area contributed by atoms with Crippen LogP contribution < -0.4 is 5.32 Å². The Kier molecular flexibility index (Phi) is 3.42. The van der Waals surface area contributed by atoms with Gasteiger partial charge in [-0.05, 0) is 32.7 Å². The van der Waals surface area contributed by atoms with E-state index in [0.717, 1.165) is 12.8 Å². The summed E-state index contributed by atoms with van der Waals surface area (Å²) in [5.41, 5.74) is -0.663. The Hall–Kier alpha value is -1.43. The minimum atomic E-state index is -0.663. The summed E-state index contributed by atoms with van der Waals surface area (Å²) in [6, 6.07) is 0. The summed E-state index contributed by atoms with van der Waals surface area (Å²) < 4.78 is 6.86. The normalized spacial score (nSPS) is 18.7. The van der Waals surface area contributed by atoms with Gasteiger partial charge in [0.1, 0.15) is 18.2 Å². The summed E-state index contributed by atoms with van der Waals surface area (Å²) >= 11 is 0. The molecular formula is C11H18N4O2. The van der Waals surface area contributed by atoms with Crippen LogP contribution in [0.1, 0.15) is 19.8 Å². The maximum Gasteiger partial charge on any atom is 0.328 e. The number of hydrogen-bond donors (Lipinski definition) is 1. The first-order chi connectivity index (χ1) is 8.23. The second-order valence-electron chi connectivity index (χ2n) is 4.31. The maximum absolute atomic E-state index is 12.2. The smallest absolute Gasteiger partial charge is 0.328 e. The molecule has 1 aliphatic rings. The molecule has 17 heavy (non-hydrogen) atoms. The molecule has 0 radical (unpaired) electrons. The van der Waals surface area contributed by atoms with E-state index in [0.29, 0.717) is 19.1 Å². The third kappa shape index (κ3) is 2.31. The lowest BCUT2D eigenvalue weighted by atomic mass is 9.93. The molecule has 1 aromatic rings. The summed E-state index contributed by atoms with van der Waals surface area (Å²) in [4.78, 5) is 16.1. The zero-order valence-electron chi connectivity index (χ0n) is 10.2. The highest BCUT2D eigenvalue weighted by Gasteiger charge is 2.51. The fraction of sp³-hybridized carbons (Fsp3) is 0.727. The number of ether oxygens (including phenoxy) is 1. The lowest BCUT2D eigenvalue weighted by molar-refractivity contribution is -0.153. The molecule has 0 bridgehead atoms. The Balaban J connectivity index is 2.19. The first kappa shape index (κ1) is 12.0. The molecule has 1 saturated carbocycles. The van der Waals surface area contributed by atoms with Crippen LogP contribution in [-0.4, -0.2) is 39.9 Å². The molecule has 1 aliphatic carbocycles. The highest BCUT2D eigenvalue weighted by atomic mass is 16.5. The summed E-state index contributed by atoms with van der Waals surface area (Å²) in [5, 5.41) is 7.20. The topological polar surface area (TPSA) is 69.0 Å². The van der Waals surface area contributed by atoms with Crippen LogP contribution in [0.15, 0.2) is 12.7 Å². The van der Waals surface area contributed by atoms with Crippen molar-refractivity contribution in [2.24, 2.45) is 5.92 Å². The molecule has 1 unspecified atom stereocenters. The van der Waals surface area contributed by atoms with Crippen molar-refractivity contribution in [2.45, 2.75) is 31.8 Å². The first-order valence-electron chi connectivity index (χ1n) is 5.91. The van der Waals surface area contributed by atoms with Crippen molar-refractivity contribution in [3.8, 4) is 0 Å². The van der Waals surface area contributed by atoms with E-state index in [1.165, 1.54) is 6.33 Å². The van der Waals surface area contributed by atoms with Crippen LogP contribution in [0.25, 0.3) is 0 Å². The van der Waals surface area contributed by atoms with E-state index in [4.69, 9.17) is 4.74 Å². The number of esters is 1. The first-order valence-corrected chi connectivity index (χ1v) is 5.91. The Bertz CT molecular complexity index is 375. The van der Waals surface area contributed by atoms with E-state index in [1.54, 1.807) is 18.1 Å².